The van der Waals surface area contributed by atoms with E-state index in [1.165, 1.54) is 18.4 Å². The van der Waals surface area contributed by atoms with E-state index < -0.39 is 11.0 Å². The van der Waals surface area contributed by atoms with Gasteiger partial charge < -0.3 is 9.83 Å². The van der Waals surface area contributed by atoms with Crippen LogP contribution in [0.2, 0.25) is 5.02 Å². The Balaban J connectivity index is 1.47. The molecule has 0 saturated carbocycles. The maximum Gasteiger partial charge on any atom is 0.113 e. The van der Waals surface area contributed by atoms with E-state index in [2.05, 4.69) is 45.1 Å². The molecule has 8 heteroatoms. The summed E-state index contributed by atoms with van der Waals surface area (Å²) >= 11 is 6.01. The number of aliphatic hydroxyl groups is 1. The summed E-state index contributed by atoms with van der Waals surface area (Å²) in [6, 6.07) is 9.33. The number of piperazine rings is 1. The van der Waals surface area contributed by atoms with Crippen molar-refractivity contribution in [2.24, 2.45) is 0 Å². The summed E-state index contributed by atoms with van der Waals surface area (Å²) in [4.78, 5) is 7.56. The van der Waals surface area contributed by atoms with Crippen molar-refractivity contribution >= 4 is 22.6 Å². The van der Waals surface area contributed by atoms with E-state index in [0.29, 0.717) is 24.3 Å². The monoisotopic (exact) mass is 480 g/mol. The van der Waals surface area contributed by atoms with Crippen molar-refractivity contribution in [2.75, 3.05) is 45.5 Å². The van der Waals surface area contributed by atoms with Gasteiger partial charge in [-0.15, -0.1) is 0 Å². The maximum absolute atomic E-state index is 11.2. The Morgan fingerprint density at radius 1 is 1.22 bits per heavy atom. The highest BCUT2D eigenvalue weighted by Crippen LogP contribution is 2.24. The van der Waals surface area contributed by atoms with Gasteiger partial charge in [-0.05, 0) is 50.0 Å². The number of likely N-dealkylation sites (tertiary alicyclic amines) is 1. The predicted octanol–water partition coefficient (Wildman–Crippen LogP) is 3.54. The number of aliphatic hydroxyl groups excluding tert-OH is 1. The number of piperidine rings is 1. The topological polar surface area (TPSA) is 59.1 Å². The van der Waals surface area contributed by atoms with E-state index >= 15 is 0 Å². The maximum atomic E-state index is 11.2. The zero-order valence-electron chi connectivity index (χ0n) is 19.3. The second kappa shape index (κ2) is 12.2. The average molecular weight is 481 g/mol. The third-order valence-corrected chi connectivity index (χ3v) is 7.23. The van der Waals surface area contributed by atoms with Gasteiger partial charge in [0.2, 0.25) is 0 Å². The standard InChI is InChI=1S/C24H37ClN4O2S/c1-4-22-17-28(18-24(30)15-19(2)26-32(3)31)13-14-29(22)23-9-11-27(12-10-23)16-20-5-7-21(25)8-6-20/h5-8,15,22-23,26,30H,2,4,9-14,16-18H2,1,3H3/b24-15+. The molecule has 0 bridgehead atoms. The van der Waals surface area contributed by atoms with E-state index in [1.807, 2.05) is 12.1 Å². The first kappa shape index (κ1) is 25.2. The fraction of sp³-hybridized carbons (Fsp3) is 0.583. The van der Waals surface area contributed by atoms with Gasteiger partial charge in [0.25, 0.3) is 0 Å². The van der Waals surface area contributed by atoms with Crippen LogP contribution in [0.15, 0.2) is 48.4 Å². The van der Waals surface area contributed by atoms with Crippen molar-refractivity contribution in [3.63, 3.8) is 0 Å². The first-order valence-corrected chi connectivity index (χ1v) is 13.4. The summed E-state index contributed by atoms with van der Waals surface area (Å²) in [5.74, 6) is 0.256. The molecule has 6 nitrogen and oxygen atoms in total. The largest absolute Gasteiger partial charge is 0.511 e. The SMILES string of the molecule is C=C(/C=C(/O)CN1CCN(C2CCN(Cc3ccc(Cl)cc3)CC2)C(CC)C1)NS(C)=O. The Hall–Kier alpha value is -1.38. The fourth-order valence-corrected chi connectivity index (χ4v) is 5.42. The predicted molar refractivity (Wildman–Crippen MR) is 134 cm³/mol. The summed E-state index contributed by atoms with van der Waals surface area (Å²) in [7, 11) is -1.18. The van der Waals surface area contributed by atoms with Gasteiger partial charge in [0.15, 0.2) is 0 Å². The second-order valence-corrected chi connectivity index (χ2v) is 10.4. The van der Waals surface area contributed by atoms with Crippen LogP contribution in [0, 0.1) is 0 Å². The molecule has 178 valence electrons. The molecule has 2 saturated heterocycles. The van der Waals surface area contributed by atoms with Gasteiger partial charge in [-0.25, -0.2) is 4.21 Å². The van der Waals surface area contributed by atoms with Crippen LogP contribution in [0.1, 0.15) is 31.7 Å². The lowest BCUT2D eigenvalue weighted by Crippen LogP contribution is -2.58. The highest BCUT2D eigenvalue weighted by molar-refractivity contribution is 7.82. The highest BCUT2D eigenvalue weighted by atomic mass is 35.5. The van der Waals surface area contributed by atoms with Crippen LogP contribution in [-0.4, -0.2) is 81.6 Å². The molecule has 0 spiro atoms. The van der Waals surface area contributed by atoms with Gasteiger partial charge in [-0.2, -0.15) is 0 Å². The third kappa shape index (κ3) is 7.59. The first-order valence-electron chi connectivity index (χ1n) is 11.5. The van der Waals surface area contributed by atoms with Crippen molar-refractivity contribution < 1.29 is 9.32 Å². The molecule has 0 aliphatic carbocycles. The molecular weight excluding hydrogens is 444 g/mol. The molecular formula is C24H37ClN4O2S. The number of hydrogen-bond acceptors (Lipinski definition) is 5. The Kier molecular flexibility index (Phi) is 9.61. The third-order valence-electron chi connectivity index (χ3n) is 6.43. The van der Waals surface area contributed by atoms with Gasteiger partial charge >= 0.3 is 0 Å². The zero-order valence-corrected chi connectivity index (χ0v) is 20.9. The van der Waals surface area contributed by atoms with E-state index in [9.17, 15) is 9.32 Å². The van der Waals surface area contributed by atoms with Crippen LogP contribution >= 0.6 is 11.6 Å². The van der Waals surface area contributed by atoms with Gasteiger partial charge in [-0.1, -0.05) is 37.2 Å². The number of nitrogens with zero attached hydrogens (tertiary/aromatic N) is 3. The molecule has 2 aliphatic rings. The number of allylic oxidation sites excluding steroid dienone is 1. The van der Waals surface area contributed by atoms with Crippen LogP contribution in [0.25, 0.3) is 0 Å². The van der Waals surface area contributed by atoms with Crippen LogP contribution in [0.3, 0.4) is 0 Å². The first-order chi connectivity index (χ1) is 15.3. The summed E-state index contributed by atoms with van der Waals surface area (Å²) < 4.78 is 13.9. The van der Waals surface area contributed by atoms with Crippen LogP contribution in [0.4, 0.5) is 0 Å². The molecule has 2 atom stereocenters. The number of hydrogen-bond donors (Lipinski definition) is 2. The minimum Gasteiger partial charge on any atom is -0.511 e. The van der Waals surface area contributed by atoms with Gasteiger partial charge in [0, 0.05) is 61.3 Å². The summed E-state index contributed by atoms with van der Waals surface area (Å²) in [6.07, 6.45) is 6.63. The number of halogens is 1. The molecule has 2 N–H and O–H groups in total. The van der Waals surface area contributed by atoms with Crippen molar-refractivity contribution in [2.45, 2.75) is 44.8 Å². The van der Waals surface area contributed by atoms with E-state index in [-0.39, 0.29) is 5.76 Å². The number of rotatable bonds is 9. The molecule has 32 heavy (non-hydrogen) atoms. The zero-order chi connectivity index (χ0) is 23.1. The molecule has 0 radical (unpaired) electrons. The fourth-order valence-electron chi connectivity index (χ4n) is 4.87. The molecule has 2 unspecified atom stereocenters. The molecule has 1 aromatic carbocycles. The number of benzene rings is 1. The Bertz CT molecular complexity index is 809. The van der Waals surface area contributed by atoms with E-state index in [0.717, 1.165) is 50.7 Å². The van der Waals surface area contributed by atoms with Crippen LogP contribution in [0.5, 0.6) is 0 Å². The van der Waals surface area contributed by atoms with Crippen molar-refractivity contribution in [3.8, 4) is 0 Å². The lowest BCUT2D eigenvalue weighted by Gasteiger charge is -2.47. The normalized spacial score (nSPS) is 23.2. The Morgan fingerprint density at radius 2 is 1.91 bits per heavy atom. The minimum atomic E-state index is -1.18. The molecule has 3 rings (SSSR count). The highest BCUT2D eigenvalue weighted by Gasteiger charge is 2.33. The lowest BCUT2D eigenvalue weighted by atomic mass is 9.98. The second-order valence-electron chi connectivity index (χ2n) is 8.89. The lowest BCUT2D eigenvalue weighted by molar-refractivity contribution is 0.0127. The van der Waals surface area contributed by atoms with Gasteiger partial charge in [0.05, 0.1) is 6.54 Å². The van der Waals surface area contributed by atoms with Crippen molar-refractivity contribution in [1.82, 2.24) is 19.4 Å². The van der Waals surface area contributed by atoms with E-state index in [1.54, 1.807) is 12.3 Å². The number of nitrogens with one attached hydrogen (secondary N) is 1. The average Bonchev–Trinajstić information content (AvgIpc) is 2.75. The quantitative estimate of drug-likeness (QED) is 0.418. The molecule has 2 fully saturated rings. The molecule has 2 heterocycles. The molecule has 0 aromatic heterocycles. The minimum absolute atomic E-state index is 0.256. The summed E-state index contributed by atoms with van der Waals surface area (Å²) in [5.41, 5.74) is 1.79. The Labute approximate surface area is 200 Å². The molecule has 2 aliphatic heterocycles. The van der Waals surface area contributed by atoms with Gasteiger partial charge in [-0.3, -0.25) is 14.7 Å². The molecule has 0 amide bonds. The summed E-state index contributed by atoms with van der Waals surface area (Å²) in [5, 5.41) is 11.1. The summed E-state index contributed by atoms with van der Waals surface area (Å²) in [6.45, 7) is 12.7. The Morgan fingerprint density at radius 3 is 2.53 bits per heavy atom. The van der Waals surface area contributed by atoms with Crippen molar-refractivity contribution in [1.29, 1.82) is 0 Å². The molecule has 1 aromatic rings. The van der Waals surface area contributed by atoms with Gasteiger partial charge in [0.1, 0.15) is 16.7 Å². The van der Waals surface area contributed by atoms with E-state index in [4.69, 9.17) is 11.6 Å². The van der Waals surface area contributed by atoms with Crippen LogP contribution < -0.4 is 4.72 Å². The van der Waals surface area contributed by atoms with Crippen LogP contribution in [-0.2, 0) is 17.5 Å². The van der Waals surface area contributed by atoms with Crippen molar-refractivity contribution in [3.05, 3.63) is 59.0 Å². The smallest absolute Gasteiger partial charge is 0.113 e.